The van der Waals surface area contributed by atoms with E-state index in [9.17, 15) is 8.42 Å². The van der Waals surface area contributed by atoms with Gasteiger partial charge in [-0.1, -0.05) is 13.8 Å². The van der Waals surface area contributed by atoms with Crippen molar-refractivity contribution in [1.29, 1.82) is 0 Å². The minimum absolute atomic E-state index is 0.0893. The van der Waals surface area contributed by atoms with Gasteiger partial charge in [0.05, 0.1) is 17.5 Å². The van der Waals surface area contributed by atoms with Gasteiger partial charge >= 0.3 is 0 Å². The normalized spacial score (nSPS) is 24.1. The van der Waals surface area contributed by atoms with Gasteiger partial charge in [-0.15, -0.1) is 0 Å². The molecule has 2 rings (SSSR count). The zero-order valence-corrected chi connectivity index (χ0v) is 10.9. The first-order chi connectivity index (χ1) is 7.96. The topological polar surface area (TPSA) is 87.7 Å². The van der Waals surface area contributed by atoms with Crippen LogP contribution in [0.3, 0.4) is 0 Å². The van der Waals surface area contributed by atoms with Crippen LogP contribution in [0.15, 0.2) is 0 Å². The lowest BCUT2D eigenvalue weighted by molar-refractivity contribution is 0.516. The number of sulfone groups is 1. The van der Waals surface area contributed by atoms with Crippen LogP contribution in [0.2, 0.25) is 0 Å². The van der Waals surface area contributed by atoms with Crippen molar-refractivity contribution < 1.29 is 8.42 Å². The average Bonchev–Trinajstić information content (AvgIpc) is 2.63. The molecule has 1 unspecified atom stereocenters. The quantitative estimate of drug-likeness (QED) is 0.800. The molecular weight excluding hydrogens is 240 g/mol. The van der Waals surface area contributed by atoms with E-state index in [4.69, 9.17) is 0 Å². The zero-order valence-electron chi connectivity index (χ0n) is 10.1. The third-order valence-corrected chi connectivity index (χ3v) is 4.35. The Kier molecular flexibility index (Phi) is 3.48. The molecule has 2 heterocycles. The summed E-state index contributed by atoms with van der Waals surface area (Å²) in [4.78, 5) is 4.35. The molecule has 17 heavy (non-hydrogen) atoms. The van der Waals surface area contributed by atoms with Crippen LogP contribution < -0.4 is 5.32 Å². The summed E-state index contributed by atoms with van der Waals surface area (Å²) in [6.45, 7) is 4.68. The van der Waals surface area contributed by atoms with Crippen molar-refractivity contribution in [2.75, 3.05) is 18.1 Å². The first-order valence-electron chi connectivity index (χ1n) is 5.81. The van der Waals surface area contributed by atoms with Gasteiger partial charge < -0.3 is 5.32 Å². The maximum atomic E-state index is 11.5. The summed E-state index contributed by atoms with van der Waals surface area (Å²) in [5.41, 5.74) is 0. The Balaban J connectivity index is 2.09. The first kappa shape index (κ1) is 12.5. The maximum Gasteiger partial charge on any atom is 0.168 e. The van der Waals surface area contributed by atoms with Gasteiger partial charge in [0, 0.05) is 13.0 Å². The highest BCUT2D eigenvalue weighted by Crippen LogP contribution is 2.15. The largest absolute Gasteiger partial charge is 0.305 e. The van der Waals surface area contributed by atoms with Gasteiger partial charge in [-0.05, 0) is 5.92 Å². The highest BCUT2D eigenvalue weighted by Gasteiger charge is 2.28. The molecule has 1 aromatic rings. The second-order valence-corrected chi connectivity index (χ2v) is 7.09. The van der Waals surface area contributed by atoms with Crippen molar-refractivity contribution in [3.63, 3.8) is 0 Å². The molecule has 7 heteroatoms. The number of hydrogen-bond acceptors (Lipinski definition) is 5. The van der Waals surface area contributed by atoms with E-state index in [0.29, 0.717) is 18.3 Å². The summed E-state index contributed by atoms with van der Waals surface area (Å²) >= 11 is 0. The van der Waals surface area contributed by atoms with Crippen LogP contribution in [0.4, 0.5) is 0 Å². The summed E-state index contributed by atoms with van der Waals surface area (Å²) in [6.07, 6.45) is 0.826. The van der Waals surface area contributed by atoms with Crippen molar-refractivity contribution >= 4 is 9.84 Å². The molecule has 6 nitrogen and oxygen atoms in total. The van der Waals surface area contributed by atoms with Crippen molar-refractivity contribution in [2.24, 2.45) is 5.92 Å². The molecule has 0 bridgehead atoms. The fraction of sp³-hybridized carbons (Fsp3) is 0.800. The number of rotatable bonds is 3. The Morgan fingerprint density at radius 2 is 2.24 bits per heavy atom. The fourth-order valence-corrected chi connectivity index (χ4v) is 3.26. The molecule has 1 atom stereocenters. The fourth-order valence-electron chi connectivity index (χ4n) is 1.89. The molecule has 0 amide bonds. The molecular formula is C10H18N4O2S. The van der Waals surface area contributed by atoms with Crippen molar-refractivity contribution in [1.82, 2.24) is 20.5 Å². The van der Waals surface area contributed by atoms with Crippen LogP contribution in [0.25, 0.3) is 0 Å². The highest BCUT2D eigenvalue weighted by atomic mass is 32.2. The number of aromatic nitrogens is 3. The van der Waals surface area contributed by atoms with E-state index >= 15 is 0 Å². The van der Waals surface area contributed by atoms with Crippen molar-refractivity contribution in [2.45, 2.75) is 26.3 Å². The minimum Gasteiger partial charge on any atom is -0.305 e. The molecule has 2 N–H and O–H groups in total. The van der Waals surface area contributed by atoms with Gasteiger partial charge in [0.2, 0.25) is 0 Å². The molecule has 0 spiro atoms. The molecule has 0 radical (unpaired) electrons. The van der Waals surface area contributed by atoms with E-state index in [1.807, 2.05) is 0 Å². The maximum absolute atomic E-state index is 11.5. The van der Waals surface area contributed by atoms with E-state index in [1.165, 1.54) is 0 Å². The smallest absolute Gasteiger partial charge is 0.168 e. The predicted molar refractivity (Wildman–Crippen MR) is 64.3 cm³/mol. The van der Waals surface area contributed by atoms with E-state index in [2.05, 4.69) is 34.3 Å². The standard InChI is InChI=1S/C10H18N4O2S/c1-7(2)5-9-12-10(14-13-9)8-6-17(15,16)4-3-11-8/h7-8,11H,3-6H2,1-2H3,(H,12,13,14). The predicted octanol–water partition coefficient (Wildman–Crippen LogP) is 0.0623. The average molecular weight is 258 g/mol. The molecule has 0 aliphatic carbocycles. The van der Waals surface area contributed by atoms with Crippen LogP contribution >= 0.6 is 0 Å². The van der Waals surface area contributed by atoms with Crippen molar-refractivity contribution in [3.05, 3.63) is 11.6 Å². The Morgan fingerprint density at radius 3 is 2.88 bits per heavy atom. The molecule has 0 saturated carbocycles. The summed E-state index contributed by atoms with van der Waals surface area (Å²) in [5, 5.41) is 10.1. The zero-order chi connectivity index (χ0) is 12.5. The Labute approximate surface area is 101 Å². The lowest BCUT2D eigenvalue weighted by atomic mass is 10.1. The number of nitrogens with one attached hydrogen (secondary N) is 2. The molecule has 96 valence electrons. The molecule has 1 fully saturated rings. The van der Waals surface area contributed by atoms with Crippen LogP contribution in [-0.4, -0.2) is 41.6 Å². The van der Waals surface area contributed by atoms with Crippen LogP contribution in [0.1, 0.15) is 31.5 Å². The summed E-state index contributed by atoms with van der Waals surface area (Å²) in [7, 11) is -2.95. The second-order valence-electron chi connectivity index (χ2n) is 4.86. The van der Waals surface area contributed by atoms with Gasteiger partial charge in [-0.25, -0.2) is 13.4 Å². The summed E-state index contributed by atoms with van der Waals surface area (Å²) < 4.78 is 23.0. The van der Waals surface area contributed by atoms with E-state index in [0.717, 1.165) is 12.2 Å². The van der Waals surface area contributed by atoms with E-state index in [1.54, 1.807) is 0 Å². The van der Waals surface area contributed by atoms with E-state index < -0.39 is 9.84 Å². The van der Waals surface area contributed by atoms with Crippen LogP contribution in [0, 0.1) is 5.92 Å². The lowest BCUT2D eigenvalue weighted by Gasteiger charge is -2.20. The van der Waals surface area contributed by atoms with Gasteiger partial charge in [-0.2, -0.15) is 5.10 Å². The monoisotopic (exact) mass is 258 g/mol. The second kappa shape index (κ2) is 4.73. The number of H-pyrrole nitrogens is 1. The van der Waals surface area contributed by atoms with Crippen LogP contribution in [-0.2, 0) is 16.3 Å². The van der Waals surface area contributed by atoms with E-state index in [-0.39, 0.29) is 17.5 Å². The molecule has 1 saturated heterocycles. The SMILES string of the molecule is CC(C)Cc1nc(C2CS(=O)(=O)CCN2)n[nH]1. The van der Waals surface area contributed by atoms with Gasteiger partial charge in [0.15, 0.2) is 15.7 Å². The van der Waals surface area contributed by atoms with Gasteiger partial charge in [-0.3, -0.25) is 5.10 Å². The van der Waals surface area contributed by atoms with Gasteiger partial charge in [0.1, 0.15) is 5.82 Å². The van der Waals surface area contributed by atoms with Crippen LogP contribution in [0.5, 0.6) is 0 Å². The lowest BCUT2D eigenvalue weighted by Crippen LogP contribution is -2.39. The summed E-state index contributed by atoms with van der Waals surface area (Å²) in [6, 6.07) is -0.272. The highest BCUT2D eigenvalue weighted by molar-refractivity contribution is 7.91. The number of aromatic amines is 1. The number of hydrogen-bond donors (Lipinski definition) is 2. The molecule has 0 aromatic carbocycles. The Hall–Kier alpha value is -0.950. The third-order valence-electron chi connectivity index (χ3n) is 2.69. The molecule has 1 aromatic heterocycles. The minimum atomic E-state index is -2.95. The van der Waals surface area contributed by atoms with Crippen molar-refractivity contribution in [3.8, 4) is 0 Å². The first-order valence-corrected chi connectivity index (χ1v) is 7.63. The molecule has 1 aliphatic rings. The van der Waals surface area contributed by atoms with Gasteiger partial charge in [0.25, 0.3) is 0 Å². The Morgan fingerprint density at radius 1 is 1.47 bits per heavy atom. The molecule has 1 aliphatic heterocycles. The third kappa shape index (κ3) is 3.26. The Bertz CT molecular complexity index is 480. The number of nitrogens with zero attached hydrogens (tertiary/aromatic N) is 2. The summed E-state index contributed by atoms with van der Waals surface area (Å²) in [5.74, 6) is 2.17.